The molecule has 0 amide bonds. The quantitative estimate of drug-likeness (QED) is 0.543. The second-order valence-corrected chi connectivity index (χ2v) is 2.72. The Kier molecular flexibility index (Phi) is 4.47. The lowest BCUT2D eigenvalue weighted by Crippen LogP contribution is -1.87. The van der Waals surface area contributed by atoms with Crippen LogP contribution >= 0.6 is 0 Å². The molecular weight excluding hydrogens is 108 g/mol. The van der Waals surface area contributed by atoms with Crippen molar-refractivity contribution in [3.8, 4) is 0 Å². The Labute approximate surface area is 59.0 Å². The summed E-state index contributed by atoms with van der Waals surface area (Å²) in [7, 11) is 0. The van der Waals surface area contributed by atoms with Crippen LogP contribution in [0.25, 0.3) is 0 Å². The van der Waals surface area contributed by atoms with Crippen molar-refractivity contribution in [2.45, 2.75) is 33.6 Å². The molecule has 1 radical (unpaired) electrons. The number of hydrogen-bond acceptors (Lipinski definition) is 0. The van der Waals surface area contributed by atoms with Gasteiger partial charge in [-0.15, -0.1) is 0 Å². The van der Waals surface area contributed by atoms with Crippen molar-refractivity contribution in [3.63, 3.8) is 0 Å². The Balaban J connectivity index is 3.55. The normalized spacial score (nSPS) is 12.8. The minimum atomic E-state index is 0.622. The van der Waals surface area contributed by atoms with Crippen molar-refractivity contribution in [2.24, 2.45) is 5.92 Å². The Hall–Kier alpha value is -0.260. The van der Waals surface area contributed by atoms with Crippen LogP contribution in [0.1, 0.15) is 33.6 Å². The zero-order valence-corrected chi connectivity index (χ0v) is 6.78. The van der Waals surface area contributed by atoms with Gasteiger partial charge in [-0.05, 0) is 19.3 Å². The summed E-state index contributed by atoms with van der Waals surface area (Å²) < 4.78 is 0. The second-order valence-electron chi connectivity index (χ2n) is 2.72. The van der Waals surface area contributed by atoms with Gasteiger partial charge in [0, 0.05) is 0 Å². The van der Waals surface area contributed by atoms with Crippen LogP contribution in [0.2, 0.25) is 0 Å². The molecular formula is C9H17. The van der Waals surface area contributed by atoms with Crippen molar-refractivity contribution in [3.05, 3.63) is 18.6 Å². The molecule has 0 saturated heterocycles. The third-order valence-corrected chi connectivity index (χ3v) is 1.44. The van der Waals surface area contributed by atoms with Crippen LogP contribution in [0.15, 0.2) is 11.6 Å². The molecule has 53 valence electrons. The Bertz CT molecular complexity index is 88.2. The maximum absolute atomic E-state index is 3.94. The lowest BCUT2D eigenvalue weighted by molar-refractivity contribution is 0.778. The molecule has 0 aromatic rings. The van der Waals surface area contributed by atoms with Crippen LogP contribution in [-0.4, -0.2) is 0 Å². The maximum Gasteiger partial charge on any atom is -0.0260 e. The van der Waals surface area contributed by atoms with Gasteiger partial charge in [-0.1, -0.05) is 38.8 Å². The van der Waals surface area contributed by atoms with E-state index < -0.39 is 0 Å². The van der Waals surface area contributed by atoms with E-state index in [0.717, 1.165) is 0 Å². The number of unbranched alkanes of at least 4 members (excludes halogenated alkanes) is 1. The summed E-state index contributed by atoms with van der Waals surface area (Å²) >= 11 is 0. The van der Waals surface area contributed by atoms with Crippen molar-refractivity contribution in [1.82, 2.24) is 0 Å². The van der Waals surface area contributed by atoms with E-state index in [1.807, 2.05) is 0 Å². The van der Waals surface area contributed by atoms with Gasteiger partial charge in [-0.3, -0.25) is 0 Å². The van der Waals surface area contributed by atoms with E-state index in [4.69, 9.17) is 0 Å². The molecule has 0 bridgehead atoms. The van der Waals surface area contributed by atoms with Crippen LogP contribution in [0.3, 0.4) is 0 Å². The molecule has 0 spiro atoms. The van der Waals surface area contributed by atoms with Gasteiger partial charge >= 0.3 is 0 Å². The predicted molar refractivity (Wildman–Crippen MR) is 43.2 cm³/mol. The number of hydrogen-bond donors (Lipinski definition) is 0. The summed E-state index contributed by atoms with van der Waals surface area (Å²) in [5, 5.41) is 0. The molecule has 0 aromatic heterocycles. The summed E-state index contributed by atoms with van der Waals surface area (Å²) in [6, 6.07) is 0. The first-order valence-corrected chi connectivity index (χ1v) is 3.70. The first-order chi connectivity index (χ1) is 4.18. The van der Waals surface area contributed by atoms with Gasteiger partial charge in [0.15, 0.2) is 0 Å². The van der Waals surface area contributed by atoms with Crippen LogP contribution in [0.4, 0.5) is 0 Å². The van der Waals surface area contributed by atoms with Gasteiger partial charge in [0.25, 0.3) is 0 Å². The lowest BCUT2D eigenvalue weighted by atomic mass is 10.0. The molecule has 0 aliphatic carbocycles. The standard InChI is InChI=1S/C9H17/c1-5-6-7-9(4)8(2)3/h7-8H,4-6H2,1-3H3. The van der Waals surface area contributed by atoms with Crippen LogP contribution < -0.4 is 0 Å². The van der Waals surface area contributed by atoms with Gasteiger partial charge in [-0.25, -0.2) is 0 Å². The van der Waals surface area contributed by atoms with E-state index in [1.54, 1.807) is 0 Å². The largest absolute Gasteiger partial charge is 0.0851 e. The summed E-state index contributed by atoms with van der Waals surface area (Å²) in [6.45, 7) is 10.5. The molecule has 0 aromatic carbocycles. The first-order valence-electron chi connectivity index (χ1n) is 3.70. The molecule has 0 atom stereocenters. The lowest BCUT2D eigenvalue weighted by Gasteiger charge is -2.02. The molecule has 0 aliphatic heterocycles. The fourth-order valence-corrected chi connectivity index (χ4v) is 0.565. The highest BCUT2D eigenvalue weighted by Gasteiger charge is 1.92. The van der Waals surface area contributed by atoms with E-state index in [9.17, 15) is 0 Å². The van der Waals surface area contributed by atoms with Crippen molar-refractivity contribution in [1.29, 1.82) is 0 Å². The molecule has 0 heterocycles. The molecule has 0 fully saturated rings. The van der Waals surface area contributed by atoms with Gasteiger partial charge in [-0.2, -0.15) is 0 Å². The topological polar surface area (TPSA) is 0 Å². The van der Waals surface area contributed by atoms with E-state index >= 15 is 0 Å². The summed E-state index contributed by atoms with van der Waals surface area (Å²) in [5.74, 6) is 0.622. The second kappa shape index (κ2) is 4.60. The maximum atomic E-state index is 3.94. The minimum absolute atomic E-state index is 0.622. The smallest absolute Gasteiger partial charge is 0.0260 e. The van der Waals surface area contributed by atoms with Crippen molar-refractivity contribution in [2.75, 3.05) is 0 Å². The van der Waals surface area contributed by atoms with Gasteiger partial charge < -0.3 is 0 Å². The average Bonchev–Trinajstić information content (AvgIpc) is 1.82. The van der Waals surface area contributed by atoms with Gasteiger partial charge in [0.2, 0.25) is 0 Å². The van der Waals surface area contributed by atoms with Crippen LogP contribution in [0.5, 0.6) is 0 Å². The molecule has 0 saturated carbocycles. The Morgan fingerprint density at radius 2 is 2.11 bits per heavy atom. The highest BCUT2D eigenvalue weighted by Crippen LogP contribution is 2.08. The highest BCUT2D eigenvalue weighted by molar-refractivity contribution is 5.07. The van der Waals surface area contributed by atoms with Crippen LogP contribution in [0, 0.1) is 12.8 Å². The first kappa shape index (κ1) is 8.74. The third-order valence-electron chi connectivity index (χ3n) is 1.44. The minimum Gasteiger partial charge on any atom is -0.0851 e. The molecule has 0 nitrogen and oxygen atoms in total. The highest BCUT2D eigenvalue weighted by atomic mass is 14.0. The van der Waals surface area contributed by atoms with E-state index in [0.29, 0.717) is 5.92 Å². The molecule has 0 unspecified atom stereocenters. The molecule has 0 aliphatic rings. The summed E-state index contributed by atoms with van der Waals surface area (Å²) in [6.07, 6.45) is 4.63. The SMILES string of the molecule is [CH2]C(=CCCC)C(C)C. The third kappa shape index (κ3) is 4.26. The summed E-state index contributed by atoms with van der Waals surface area (Å²) in [5.41, 5.74) is 1.27. The number of rotatable bonds is 3. The Morgan fingerprint density at radius 1 is 1.56 bits per heavy atom. The molecule has 0 heteroatoms. The Morgan fingerprint density at radius 3 is 2.44 bits per heavy atom. The van der Waals surface area contributed by atoms with Gasteiger partial charge in [0.1, 0.15) is 0 Å². The summed E-state index contributed by atoms with van der Waals surface area (Å²) in [4.78, 5) is 0. The zero-order chi connectivity index (χ0) is 7.28. The fourth-order valence-electron chi connectivity index (χ4n) is 0.565. The van der Waals surface area contributed by atoms with E-state index in [-0.39, 0.29) is 0 Å². The molecule has 0 rings (SSSR count). The van der Waals surface area contributed by atoms with Gasteiger partial charge in [0.05, 0.1) is 0 Å². The van der Waals surface area contributed by atoms with E-state index in [1.165, 1.54) is 18.4 Å². The fraction of sp³-hybridized carbons (Fsp3) is 0.667. The van der Waals surface area contributed by atoms with E-state index in [2.05, 4.69) is 33.8 Å². The zero-order valence-electron chi connectivity index (χ0n) is 6.78. The van der Waals surface area contributed by atoms with Crippen molar-refractivity contribution >= 4 is 0 Å². The van der Waals surface area contributed by atoms with Crippen LogP contribution in [-0.2, 0) is 0 Å². The number of allylic oxidation sites excluding steroid dienone is 2. The van der Waals surface area contributed by atoms with Crippen molar-refractivity contribution < 1.29 is 0 Å². The molecule has 0 N–H and O–H groups in total. The predicted octanol–water partition coefficient (Wildman–Crippen LogP) is 3.20. The average molecular weight is 125 g/mol. The monoisotopic (exact) mass is 125 g/mol. The molecule has 9 heavy (non-hydrogen) atoms.